The summed E-state index contributed by atoms with van der Waals surface area (Å²) in [6, 6.07) is 19.6. The zero-order valence-electron chi connectivity index (χ0n) is 15.1. The number of nitrogens with zero attached hydrogens (tertiary/aromatic N) is 2. The van der Waals surface area contributed by atoms with Crippen LogP contribution in [0.15, 0.2) is 71.7 Å². The van der Waals surface area contributed by atoms with Gasteiger partial charge in [0.2, 0.25) is 5.91 Å². The van der Waals surface area contributed by atoms with E-state index in [1.165, 1.54) is 6.21 Å². The van der Waals surface area contributed by atoms with Crippen molar-refractivity contribution >= 4 is 46.2 Å². The molecule has 0 spiro atoms. The fraction of sp³-hybridized carbons (Fsp3) is 0.0909. The number of hydrogen-bond acceptors (Lipinski definition) is 4. The number of urea groups is 1. The normalized spacial score (nSPS) is 17.4. The molecule has 6 nitrogen and oxygen atoms in total. The summed E-state index contributed by atoms with van der Waals surface area (Å²) in [4.78, 5) is 42.9. The SMILES string of the molecule is Cc1ccccc1N1C(=O)NC(=O)[C@@H](C=Nc2cccc3ccccc23)C1=O. The first-order chi connectivity index (χ1) is 13.6. The van der Waals surface area contributed by atoms with Crippen LogP contribution in [0.4, 0.5) is 16.2 Å². The summed E-state index contributed by atoms with van der Waals surface area (Å²) in [5, 5.41) is 4.17. The van der Waals surface area contributed by atoms with E-state index in [4.69, 9.17) is 0 Å². The molecule has 3 aromatic carbocycles. The number of benzene rings is 3. The van der Waals surface area contributed by atoms with Gasteiger partial charge in [0.1, 0.15) is 0 Å². The highest BCUT2D eigenvalue weighted by molar-refractivity contribution is 6.32. The number of nitrogens with one attached hydrogen (secondary N) is 1. The Balaban J connectivity index is 1.70. The van der Waals surface area contributed by atoms with E-state index in [1.54, 1.807) is 25.1 Å². The van der Waals surface area contributed by atoms with Crippen molar-refractivity contribution < 1.29 is 14.4 Å². The lowest BCUT2D eigenvalue weighted by Crippen LogP contribution is -2.58. The Morgan fingerprint density at radius 1 is 0.929 bits per heavy atom. The minimum absolute atomic E-state index is 0.445. The highest BCUT2D eigenvalue weighted by Crippen LogP contribution is 2.27. The van der Waals surface area contributed by atoms with Crippen molar-refractivity contribution in [2.75, 3.05) is 4.90 Å². The Kier molecular flexibility index (Phi) is 4.45. The van der Waals surface area contributed by atoms with Gasteiger partial charge in [-0.05, 0) is 30.0 Å². The highest BCUT2D eigenvalue weighted by Gasteiger charge is 2.40. The molecule has 1 atom stereocenters. The van der Waals surface area contributed by atoms with E-state index < -0.39 is 23.8 Å². The summed E-state index contributed by atoms with van der Waals surface area (Å²) in [5.74, 6) is -2.48. The third-order valence-electron chi connectivity index (χ3n) is 4.69. The van der Waals surface area contributed by atoms with Crippen molar-refractivity contribution in [1.29, 1.82) is 0 Å². The third kappa shape index (κ3) is 3.05. The van der Waals surface area contributed by atoms with Gasteiger partial charge in [-0.15, -0.1) is 0 Å². The van der Waals surface area contributed by atoms with Crippen LogP contribution in [-0.4, -0.2) is 24.1 Å². The van der Waals surface area contributed by atoms with Crippen LogP contribution in [0.3, 0.4) is 0 Å². The predicted octanol–water partition coefficient (Wildman–Crippen LogP) is 3.75. The number of rotatable bonds is 3. The van der Waals surface area contributed by atoms with Crippen LogP contribution in [0.5, 0.6) is 0 Å². The number of amides is 4. The van der Waals surface area contributed by atoms with Crippen molar-refractivity contribution in [3.8, 4) is 0 Å². The van der Waals surface area contributed by atoms with E-state index in [9.17, 15) is 14.4 Å². The van der Waals surface area contributed by atoms with Gasteiger partial charge in [0, 0.05) is 11.6 Å². The maximum absolute atomic E-state index is 12.9. The van der Waals surface area contributed by atoms with E-state index in [1.807, 2.05) is 48.5 Å². The monoisotopic (exact) mass is 371 g/mol. The van der Waals surface area contributed by atoms with Gasteiger partial charge in [0.15, 0.2) is 5.92 Å². The van der Waals surface area contributed by atoms with Crippen LogP contribution in [0.25, 0.3) is 10.8 Å². The molecule has 3 aromatic rings. The van der Waals surface area contributed by atoms with Crippen molar-refractivity contribution in [3.63, 3.8) is 0 Å². The van der Waals surface area contributed by atoms with Crippen molar-refractivity contribution in [2.24, 2.45) is 10.9 Å². The molecule has 1 saturated heterocycles. The van der Waals surface area contributed by atoms with Gasteiger partial charge in [0.25, 0.3) is 5.91 Å². The number of carbonyl (C=O) groups is 3. The van der Waals surface area contributed by atoms with Crippen molar-refractivity contribution in [3.05, 3.63) is 72.3 Å². The smallest absolute Gasteiger partial charge is 0.276 e. The number of imide groups is 2. The Bertz CT molecular complexity index is 1130. The third-order valence-corrected chi connectivity index (χ3v) is 4.69. The standard InChI is InChI=1S/C22H17N3O3/c1-14-7-2-5-12-19(14)25-21(27)17(20(26)24-22(25)28)13-23-18-11-6-9-15-8-3-4-10-16(15)18/h2-13,17H,1H3,(H,24,26,28)/t17-/m1/s1. The number of anilines is 1. The molecule has 28 heavy (non-hydrogen) atoms. The molecule has 138 valence electrons. The lowest BCUT2D eigenvalue weighted by atomic mass is 10.0. The molecule has 1 heterocycles. The summed E-state index contributed by atoms with van der Waals surface area (Å²) < 4.78 is 0. The van der Waals surface area contributed by atoms with Crippen LogP contribution < -0.4 is 10.2 Å². The fourth-order valence-corrected chi connectivity index (χ4v) is 3.24. The number of aliphatic imine (C=N–C) groups is 1. The molecule has 1 fully saturated rings. The zero-order chi connectivity index (χ0) is 19.7. The molecule has 0 aromatic heterocycles. The van der Waals surface area contributed by atoms with Gasteiger partial charge in [-0.1, -0.05) is 54.6 Å². The van der Waals surface area contributed by atoms with Crippen LogP contribution >= 0.6 is 0 Å². The topological polar surface area (TPSA) is 78.8 Å². The number of carbonyl (C=O) groups excluding carboxylic acids is 3. The first-order valence-corrected chi connectivity index (χ1v) is 8.82. The minimum atomic E-state index is -1.18. The highest BCUT2D eigenvalue weighted by atomic mass is 16.2. The van der Waals surface area contributed by atoms with Crippen LogP contribution in [0.2, 0.25) is 0 Å². The van der Waals surface area contributed by atoms with Gasteiger partial charge in [-0.2, -0.15) is 0 Å². The molecule has 0 bridgehead atoms. The van der Waals surface area contributed by atoms with E-state index >= 15 is 0 Å². The Morgan fingerprint density at radius 3 is 2.46 bits per heavy atom. The second kappa shape index (κ2) is 7.08. The summed E-state index contributed by atoms with van der Waals surface area (Å²) in [5.41, 5.74) is 1.85. The predicted molar refractivity (Wildman–Crippen MR) is 108 cm³/mol. The molecule has 4 rings (SSSR count). The van der Waals surface area contributed by atoms with Crippen molar-refractivity contribution in [2.45, 2.75) is 6.92 Å². The van der Waals surface area contributed by atoms with Crippen LogP contribution in [0, 0.1) is 12.8 Å². The fourth-order valence-electron chi connectivity index (χ4n) is 3.24. The quantitative estimate of drug-likeness (QED) is 0.562. The minimum Gasteiger partial charge on any atom is -0.276 e. The first-order valence-electron chi connectivity index (χ1n) is 8.82. The van der Waals surface area contributed by atoms with Crippen LogP contribution in [-0.2, 0) is 9.59 Å². The number of para-hydroxylation sites is 1. The molecule has 1 N–H and O–H groups in total. The molecular formula is C22H17N3O3. The van der Waals surface area contributed by atoms with Crippen LogP contribution in [0.1, 0.15) is 5.56 Å². The number of fused-ring (bicyclic) bond motifs is 1. The summed E-state index contributed by atoms with van der Waals surface area (Å²) in [6.45, 7) is 1.80. The average Bonchev–Trinajstić information content (AvgIpc) is 2.69. The van der Waals surface area contributed by atoms with Gasteiger partial charge >= 0.3 is 6.03 Å². The molecule has 4 amide bonds. The molecule has 6 heteroatoms. The molecule has 0 radical (unpaired) electrons. The molecular weight excluding hydrogens is 354 g/mol. The molecule has 0 aliphatic carbocycles. The van der Waals surface area contributed by atoms with Gasteiger partial charge in [-0.25, -0.2) is 9.69 Å². The molecule has 1 aliphatic rings. The number of hydrogen-bond donors (Lipinski definition) is 1. The zero-order valence-corrected chi connectivity index (χ0v) is 15.1. The number of aryl methyl sites for hydroxylation is 1. The maximum atomic E-state index is 12.9. The second-order valence-electron chi connectivity index (χ2n) is 6.51. The Labute approximate surface area is 161 Å². The first kappa shape index (κ1) is 17.6. The van der Waals surface area contributed by atoms with E-state index in [-0.39, 0.29) is 0 Å². The van der Waals surface area contributed by atoms with Gasteiger partial charge in [0.05, 0.1) is 11.4 Å². The largest absolute Gasteiger partial charge is 0.335 e. The van der Waals surface area contributed by atoms with Gasteiger partial charge < -0.3 is 0 Å². The van der Waals surface area contributed by atoms with E-state index in [0.29, 0.717) is 11.4 Å². The van der Waals surface area contributed by atoms with E-state index in [2.05, 4.69) is 10.3 Å². The molecule has 1 aliphatic heterocycles. The lowest BCUT2D eigenvalue weighted by molar-refractivity contribution is -0.131. The average molecular weight is 371 g/mol. The maximum Gasteiger partial charge on any atom is 0.335 e. The summed E-state index contributed by atoms with van der Waals surface area (Å²) >= 11 is 0. The lowest BCUT2D eigenvalue weighted by Gasteiger charge is -2.29. The summed E-state index contributed by atoms with van der Waals surface area (Å²) in [7, 11) is 0. The molecule has 0 unspecified atom stereocenters. The Hall–Kier alpha value is -3.80. The molecule has 0 saturated carbocycles. The number of barbiturate groups is 1. The Morgan fingerprint density at radius 2 is 1.64 bits per heavy atom. The van der Waals surface area contributed by atoms with Crippen molar-refractivity contribution in [1.82, 2.24) is 5.32 Å². The summed E-state index contributed by atoms with van der Waals surface area (Å²) in [6.07, 6.45) is 1.30. The van der Waals surface area contributed by atoms with Gasteiger partial charge in [-0.3, -0.25) is 19.9 Å². The second-order valence-corrected chi connectivity index (χ2v) is 6.51. The van der Waals surface area contributed by atoms with E-state index in [0.717, 1.165) is 21.2 Å².